The Morgan fingerprint density at radius 3 is 2.86 bits per heavy atom. The van der Waals surface area contributed by atoms with Gasteiger partial charge in [-0.2, -0.15) is 5.10 Å². The summed E-state index contributed by atoms with van der Waals surface area (Å²) in [5, 5.41) is 14.3. The molecule has 2 rings (SSSR count). The van der Waals surface area contributed by atoms with Crippen LogP contribution in [0.5, 0.6) is 0 Å². The molecule has 0 aliphatic carbocycles. The third-order valence-corrected chi connectivity index (χ3v) is 5.04. The summed E-state index contributed by atoms with van der Waals surface area (Å²) < 4.78 is 2.70. The Kier molecular flexibility index (Phi) is 5.35. The van der Waals surface area contributed by atoms with Gasteiger partial charge in [0.2, 0.25) is 0 Å². The van der Waals surface area contributed by atoms with Crippen LogP contribution in [0.4, 0.5) is 0 Å². The third-order valence-electron chi connectivity index (χ3n) is 2.99. The number of hydrogen-bond donors (Lipinski definition) is 1. The van der Waals surface area contributed by atoms with E-state index in [9.17, 15) is 9.90 Å². The smallest absolute Gasteiger partial charge is 0.336 e. The zero-order chi connectivity index (χ0) is 15.6. The molecule has 0 aliphatic heterocycles. The molecule has 0 bridgehead atoms. The van der Waals surface area contributed by atoms with Crippen LogP contribution in [0.3, 0.4) is 0 Å². The fraction of sp³-hybridized carbons (Fsp3) is 0.286. The first-order chi connectivity index (χ1) is 9.93. The minimum Gasteiger partial charge on any atom is -0.478 e. The minimum absolute atomic E-state index is 0.290. The molecule has 21 heavy (non-hydrogen) atoms. The molecule has 4 nitrogen and oxygen atoms in total. The Morgan fingerprint density at radius 1 is 1.52 bits per heavy atom. The van der Waals surface area contributed by atoms with E-state index in [0.29, 0.717) is 21.2 Å². The normalized spacial score (nSPS) is 10.9. The average Bonchev–Trinajstić information content (AvgIpc) is 2.71. The second kappa shape index (κ2) is 6.85. The summed E-state index contributed by atoms with van der Waals surface area (Å²) >= 11 is 11.1. The van der Waals surface area contributed by atoms with Crippen LogP contribution in [0.25, 0.3) is 0 Å². The Hall–Kier alpha value is -0.980. The number of carboxylic acid groups (broad SMARTS) is 1. The van der Waals surface area contributed by atoms with Crippen LogP contribution >= 0.6 is 39.3 Å². The monoisotopic (exact) mass is 388 g/mol. The zero-order valence-corrected chi connectivity index (χ0v) is 14.7. The van der Waals surface area contributed by atoms with Gasteiger partial charge < -0.3 is 5.11 Å². The lowest BCUT2D eigenvalue weighted by Crippen LogP contribution is -2.03. The molecule has 1 N–H and O–H groups in total. The molecule has 1 aromatic carbocycles. The number of aromatic carboxylic acids is 1. The average molecular weight is 390 g/mol. The van der Waals surface area contributed by atoms with Crippen LogP contribution in [0.1, 0.15) is 28.7 Å². The first kappa shape index (κ1) is 16.4. The van der Waals surface area contributed by atoms with Crippen molar-refractivity contribution in [3.05, 3.63) is 44.6 Å². The molecule has 2 aromatic rings. The SMILES string of the molecule is CCn1nc(C)c(Cl)c1CSc1cc(Br)ccc1C(=O)O. The maximum Gasteiger partial charge on any atom is 0.336 e. The summed E-state index contributed by atoms with van der Waals surface area (Å²) in [5.74, 6) is -0.360. The van der Waals surface area contributed by atoms with Gasteiger partial charge in [0, 0.05) is 21.7 Å². The predicted molar refractivity (Wildman–Crippen MR) is 88.3 cm³/mol. The first-order valence-corrected chi connectivity index (χ1v) is 8.47. The van der Waals surface area contributed by atoms with Gasteiger partial charge >= 0.3 is 5.97 Å². The van der Waals surface area contributed by atoms with Crippen molar-refractivity contribution in [2.75, 3.05) is 0 Å². The van der Waals surface area contributed by atoms with E-state index in [4.69, 9.17) is 11.6 Å². The van der Waals surface area contributed by atoms with Crippen molar-refractivity contribution in [3.8, 4) is 0 Å². The lowest BCUT2D eigenvalue weighted by molar-refractivity contribution is 0.0693. The van der Waals surface area contributed by atoms with E-state index in [1.807, 2.05) is 24.6 Å². The molecule has 0 atom stereocenters. The highest BCUT2D eigenvalue weighted by Crippen LogP contribution is 2.32. The number of aryl methyl sites for hydroxylation is 2. The number of carboxylic acids is 1. The fourth-order valence-corrected chi connectivity index (χ4v) is 3.85. The summed E-state index contributed by atoms with van der Waals surface area (Å²) in [4.78, 5) is 12.0. The van der Waals surface area contributed by atoms with E-state index < -0.39 is 5.97 Å². The predicted octanol–water partition coefficient (Wildman–Crippen LogP) is 4.62. The van der Waals surface area contributed by atoms with Crippen molar-refractivity contribution < 1.29 is 9.90 Å². The number of rotatable bonds is 5. The first-order valence-electron chi connectivity index (χ1n) is 6.31. The van der Waals surface area contributed by atoms with E-state index in [0.717, 1.165) is 22.4 Å². The van der Waals surface area contributed by atoms with Crippen molar-refractivity contribution in [3.63, 3.8) is 0 Å². The molecule has 112 valence electrons. The van der Waals surface area contributed by atoms with Gasteiger partial charge in [-0.25, -0.2) is 4.79 Å². The molecule has 0 fully saturated rings. The van der Waals surface area contributed by atoms with E-state index >= 15 is 0 Å². The Morgan fingerprint density at radius 2 is 2.24 bits per heavy atom. The molecule has 0 aliphatic rings. The second-order valence-electron chi connectivity index (χ2n) is 4.40. The quantitative estimate of drug-likeness (QED) is 0.758. The molecular weight excluding hydrogens is 376 g/mol. The molecule has 0 unspecified atom stereocenters. The van der Waals surface area contributed by atoms with Crippen molar-refractivity contribution in [2.24, 2.45) is 0 Å². The van der Waals surface area contributed by atoms with Gasteiger partial charge in [-0.3, -0.25) is 4.68 Å². The highest BCUT2D eigenvalue weighted by molar-refractivity contribution is 9.10. The lowest BCUT2D eigenvalue weighted by atomic mass is 10.2. The molecule has 0 saturated heterocycles. The van der Waals surface area contributed by atoms with E-state index in [1.54, 1.807) is 12.1 Å². The van der Waals surface area contributed by atoms with Gasteiger partial charge in [-0.05, 0) is 32.0 Å². The Labute approximate surface area is 140 Å². The van der Waals surface area contributed by atoms with Crippen LogP contribution in [-0.4, -0.2) is 20.9 Å². The van der Waals surface area contributed by atoms with Crippen LogP contribution in [-0.2, 0) is 12.3 Å². The van der Waals surface area contributed by atoms with Crippen LogP contribution in [0, 0.1) is 6.92 Å². The summed E-state index contributed by atoms with van der Waals surface area (Å²) in [6, 6.07) is 5.13. The summed E-state index contributed by atoms with van der Waals surface area (Å²) in [6.45, 7) is 4.59. The summed E-state index contributed by atoms with van der Waals surface area (Å²) in [7, 11) is 0. The Balaban J connectivity index is 2.28. The van der Waals surface area contributed by atoms with Crippen molar-refractivity contribution in [1.29, 1.82) is 0 Å². The number of benzene rings is 1. The van der Waals surface area contributed by atoms with Gasteiger partial charge in [-0.15, -0.1) is 11.8 Å². The van der Waals surface area contributed by atoms with Gasteiger partial charge in [0.25, 0.3) is 0 Å². The van der Waals surface area contributed by atoms with Crippen molar-refractivity contribution >= 4 is 45.3 Å². The fourth-order valence-electron chi connectivity index (χ4n) is 1.95. The maximum absolute atomic E-state index is 11.3. The summed E-state index contributed by atoms with van der Waals surface area (Å²) in [6.07, 6.45) is 0. The molecule has 0 spiro atoms. The highest BCUT2D eigenvalue weighted by atomic mass is 79.9. The third kappa shape index (κ3) is 3.62. The molecule has 1 aromatic heterocycles. The van der Waals surface area contributed by atoms with Crippen LogP contribution in [0.2, 0.25) is 5.02 Å². The highest BCUT2D eigenvalue weighted by Gasteiger charge is 2.15. The number of thioether (sulfide) groups is 1. The largest absolute Gasteiger partial charge is 0.478 e. The molecule has 0 radical (unpaired) electrons. The molecule has 0 amide bonds. The lowest BCUT2D eigenvalue weighted by Gasteiger charge is -2.08. The van der Waals surface area contributed by atoms with Gasteiger partial charge in [0.15, 0.2) is 0 Å². The standard InChI is InChI=1S/C14H14BrClN2O2S/c1-3-18-11(13(16)8(2)17-18)7-21-12-6-9(15)4-5-10(12)14(19)20/h4-6H,3,7H2,1-2H3,(H,19,20). The Bertz CT molecular complexity index is 688. The zero-order valence-electron chi connectivity index (χ0n) is 11.6. The van der Waals surface area contributed by atoms with Crippen molar-refractivity contribution in [2.45, 2.75) is 31.0 Å². The topological polar surface area (TPSA) is 55.1 Å². The maximum atomic E-state index is 11.3. The molecule has 7 heteroatoms. The van der Waals surface area contributed by atoms with Gasteiger partial charge in [0.1, 0.15) is 0 Å². The van der Waals surface area contributed by atoms with Crippen LogP contribution < -0.4 is 0 Å². The summed E-state index contributed by atoms with van der Waals surface area (Å²) in [5.41, 5.74) is 2.00. The van der Waals surface area contributed by atoms with Gasteiger partial charge in [-0.1, -0.05) is 27.5 Å². The molecular formula is C14H14BrClN2O2S. The number of carbonyl (C=O) groups is 1. The van der Waals surface area contributed by atoms with Crippen LogP contribution in [0.15, 0.2) is 27.6 Å². The minimum atomic E-state index is -0.934. The molecule has 0 saturated carbocycles. The van der Waals surface area contributed by atoms with Gasteiger partial charge in [0.05, 0.1) is 22.0 Å². The van der Waals surface area contributed by atoms with E-state index in [1.165, 1.54) is 11.8 Å². The second-order valence-corrected chi connectivity index (χ2v) is 6.71. The number of hydrogen-bond acceptors (Lipinski definition) is 3. The molecule has 1 heterocycles. The number of halogens is 2. The van der Waals surface area contributed by atoms with E-state index in [2.05, 4.69) is 21.0 Å². The number of aromatic nitrogens is 2. The van der Waals surface area contributed by atoms with E-state index in [-0.39, 0.29) is 0 Å². The number of nitrogens with zero attached hydrogens (tertiary/aromatic N) is 2. The van der Waals surface area contributed by atoms with Crippen molar-refractivity contribution in [1.82, 2.24) is 9.78 Å².